The fourth-order valence-electron chi connectivity index (χ4n) is 3.03. The van der Waals surface area contributed by atoms with Crippen molar-refractivity contribution in [2.75, 3.05) is 0 Å². The Labute approximate surface area is 128 Å². The second-order valence-electron chi connectivity index (χ2n) is 6.27. The number of allylic oxidation sites excluding steroid dienone is 4. The van der Waals surface area contributed by atoms with Crippen molar-refractivity contribution < 1.29 is 4.79 Å². The van der Waals surface area contributed by atoms with Crippen molar-refractivity contribution in [2.45, 2.75) is 52.9 Å². The first-order chi connectivity index (χ1) is 10.1. The van der Waals surface area contributed by atoms with E-state index in [1.165, 1.54) is 16.7 Å². The molecular weight excluding hydrogens is 256 g/mol. The summed E-state index contributed by atoms with van der Waals surface area (Å²) >= 11 is 0. The summed E-state index contributed by atoms with van der Waals surface area (Å²) in [7, 11) is 0. The fraction of sp³-hybridized carbons (Fsp3) is 0.450. The van der Waals surface area contributed by atoms with Crippen LogP contribution < -0.4 is 0 Å². The van der Waals surface area contributed by atoms with Crippen LogP contribution in [-0.4, -0.2) is 5.78 Å². The van der Waals surface area contributed by atoms with Crippen LogP contribution in [0.4, 0.5) is 0 Å². The molecule has 112 valence electrons. The van der Waals surface area contributed by atoms with Crippen molar-refractivity contribution in [1.82, 2.24) is 0 Å². The van der Waals surface area contributed by atoms with E-state index in [9.17, 15) is 4.79 Å². The predicted molar refractivity (Wildman–Crippen MR) is 89.2 cm³/mol. The molecular formula is C20H26O. The van der Waals surface area contributed by atoms with E-state index < -0.39 is 0 Å². The molecule has 0 fully saturated rings. The van der Waals surface area contributed by atoms with Crippen molar-refractivity contribution in [2.24, 2.45) is 5.92 Å². The van der Waals surface area contributed by atoms with E-state index in [0.29, 0.717) is 5.78 Å². The Morgan fingerprint density at radius 1 is 1.24 bits per heavy atom. The van der Waals surface area contributed by atoms with Gasteiger partial charge in [0.05, 0.1) is 0 Å². The minimum Gasteiger partial charge on any atom is -0.294 e. The Kier molecular flexibility index (Phi) is 5.55. The van der Waals surface area contributed by atoms with Crippen LogP contribution >= 0.6 is 0 Å². The van der Waals surface area contributed by atoms with E-state index in [1.54, 1.807) is 0 Å². The maximum Gasteiger partial charge on any atom is 0.161 e. The third kappa shape index (κ3) is 4.42. The van der Waals surface area contributed by atoms with E-state index in [-0.39, 0.29) is 5.92 Å². The summed E-state index contributed by atoms with van der Waals surface area (Å²) in [5, 5.41) is 0. The summed E-state index contributed by atoms with van der Waals surface area (Å²) in [6.45, 7) is 6.25. The van der Waals surface area contributed by atoms with E-state index in [1.807, 2.05) is 13.8 Å². The lowest BCUT2D eigenvalue weighted by atomic mass is 10.0. The zero-order chi connectivity index (χ0) is 15.2. The van der Waals surface area contributed by atoms with E-state index in [4.69, 9.17) is 0 Å². The van der Waals surface area contributed by atoms with Gasteiger partial charge < -0.3 is 0 Å². The Morgan fingerprint density at radius 2 is 1.95 bits per heavy atom. The van der Waals surface area contributed by atoms with Crippen molar-refractivity contribution >= 4 is 5.78 Å². The summed E-state index contributed by atoms with van der Waals surface area (Å²) in [6, 6.07) is 10.6. The van der Waals surface area contributed by atoms with Gasteiger partial charge in [0.2, 0.25) is 0 Å². The van der Waals surface area contributed by atoms with Crippen LogP contribution in [0.5, 0.6) is 0 Å². The number of rotatable bonds is 6. The number of ketones is 1. The number of carbonyl (C=O) groups excluding carboxylic acids is 1. The number of carbonyl (C=O) groups is 1. The molecule has 1 aliphatic rings. The van der Waals surface area contributed by atoms with E-state index in [0.717, 1.165) is 37.7 Å². The predicted octanol–water partition coefficient (Wildman–Crippen LogP) is 5.27. The molecule has 1 atom stereocenters. The smallest absolute Gasteiger partial charge is 0.161 e. The first kappa shape index (κ1) is 15.8. The van der Waals surface area contributed by atoms with Crippen molar-refractivity contribution in [1.29, 1.82) is 0 Å². The van der Waals surface area contributed by atoms with Crippen molar-refractivity contribution in [3.05, 3.63) is 58.7 Å². The van der Waals surface area contributed by atoms with Gasteiger partial charge in [-0.05, 0) is 57.1 Å². The van der Waals surface area contributed by atoms with Gasteiger partial charge in [-0.2, -0.15) is 0 Å². The molecule has 1 unspecified atom stereocenters. The van der Waals surface area contributed by atoms with Gasteiger partial charge >= 0.3 is 0 Å². The highest BCUT2D eigenvalue weighted by Gasteiger charge is 2.25. The number of aryl methyl sites for hydroxylation is 1. The molecule has 0 aliphatic heterocycles. The third-order valence-electron chi connectivity index (χ3n) is 4.49. The van der Waals surface area contributed by atoms with Crippen LogP contribution in [0.25, 0.3) is 0 Å². The highest BCUT2D eigenvalue weighted by molar-refractivity contribution is 5.99. The molecule has 0 bridgehead atoms. The number of hydrogen-bond acceptors (Lipinski definition) is 1. The standard InChI is InChI=1S/C20H26O/c1-15(8-7-11-18-9-5-4-6-10-18)12-13-19-14-16(2)20(21)17(19)3/h4-6,8-10,16H,7,11-14H2,1-3H3/b15-8+. The molecule has 1 heteroatoms. The molecule has 0 saturated carbocycles. The largest absolute Gasteiger partial charge is 0.294 e. The molecule has 1 aromatic rings. The minimum atomic E-state index is 0.211. The molecule has 1 aliphatic carbocycles. The first-order valence-corrected chi connectivity index (χ1v) is 8.00. The van der Waals surface area contributed by atoms with Gasteiger partial charge in [-0.1, -0.05) is 54.5 Å². The van der Waals surface area contributed by atoms with Gasteiger partial charge in [0, 0.05) is 5.92 Å². The first-order valence-electron chi connectivity index (χ1n) is 8.00. The molecule has 0 spiro atoms. The molecule has 0 N–H and O–H groups in total. The normalized spacial score (nSPS) is 19.5. The summed E-state index contributed by atoms with van der Waals surface area (Å²) in [4.78, 5) is 11.8. The van der Waals surface area contributed by atoms with Gasteiger partial charge in [0.15, 0.2) is 5.78 Å². The second-order valence-corrected chi connectivity index (χ2v) is 6.27. The Hall–Kier alpha value is -1.63. The lowest BCUT2D eigenvalue weighted by Gasteiger charge is -2.05. The summed E-state index contributed by atoms with van der Waals surface area (Å²) < 4.78 is 0. The quantitative estimate of drug-likeness (QED) is 0.649. The summed E-state index contributed by atoms with van der Waals surface area (Å²) in [5.74, 6) is 0.568. The van der Waals surface area contributed by atoms with Crippen LogP contribution in [0.15, 0.2) is 53.1 Å². The molecule has 0 amide bonds. The van der Waals surface area contributed by atoms with E-state index in [2.05, 4.69) is 43.3 Å². The maximum atomic E-state index is 11.8. The van der Waals surface area contributed by atoms with Crippen LogP contribution in [0.3, 0.4) is 0 Å². The Bertz CT molecular complexity index is 548. The molecule has 1 nitrogen and oxygen atoms in total. The molecule has 21 heavy (non-hydrogen) atoms. The zero-order valence-electron chi connectivity index (χ0n) is 13.5. The Morgan fingerprint density at radius 3 is 2.57 bits per heavy atom. The average Bonchev–Trinajstić information content (AvgIpc) is 2.73. The van der Waals surface area contributed by atoms with Gasteiger partial charge in [-0.3, -0.25) is 4.79 Å². The fourth-order valence-corrected chi connectivity index (χ4v) is 3.03. The molecule has 1 aromatic carbocycles. The summed E-state index contributed by atoms with van der Waals surface area (Å²) in [6.07, 6.45) is 7.67. The topological polar surface area (TPSA) is 17.1 Å². The third-order valence-corrected chi connectivity index (χ3v) is 4.49. The molecule has 2 rings (SSSR count). The van der Waals surface area contributed by atoms with Crippen molar-refractivity contribution in [3.63, 3.8) is 0 Å². The molecule has 0 saturated heterocycles. The number of hydrogen-bond donors (Lipinski definition) is 0. The summed E-state index contributed by atoms with van der Waals surface area (Å²) in [5.41, 5.74) is 5.25. The number of Topliss-reactive ketones (excluding diaryl/α,β-unsaturated/α-hetero) is 1. The highest BCUT2D eigenvalue weighted by atomic mass is 16.1. The van der Waals surface area contributed by atoms with E-state index >= 15 is 0 Å². The zero-order valence-corrected chi connectivity index (χ0v) is 13.5. The lowest BCUT2D eigenvalue weighted by Crippen LogP contribution is -2.03. The molecule has 0 aromatic heterocycles. The van der Waals surface area contributed by atoms with Gasteiger partial charge in [0.1, 0.15) is 0 Å². The Balaban J connectivity index is 1.78. The lowest BCUT2D eigenvalue weighted by molar-refractivity contribution is -0.117. The molecule has 0 radical (unpaired) electrons. The highest BCUT2D eigenvalue weighted by Crippen LogP contribution is 2.31. The van der Waals surface area contributed by atoms with Gasteiger partial charge in [-0.25, -0.2) is 0 Å². The van der Waals surface area contributed by atoms with Gasteiger partial charge in [0.25, 0.3) is 0 Å². The number of benzene rings is 1. The maximum absolute atomic E-state index is 11.8. The van der Waals surface area contributed by atoms with Crippen molar-refractivity contribution in [3.8, 4) is 0 Å². The van der Waals surface area contributed by atoms with Crippen LogP contribution in [0, 0.1) is 5.92 Å². The second kappa shape index (κ2) is 7.40. The molecule has 0 heterocycles. The SMILES string of the molecule is CC1=C(CC/C(C)=C/CCc2ccccc2)CC(C)C1=O. The monoisotopic (exact) mass is 282 g/mol. The average molecular weight is 282 g/mol. The van der Waals surface area contributed by atoms with Crippen LogP contribution in [0.2, 0.25) is 0 Å². The minimum absolute atomic E-state index is 0.211. The van der Waals surface area contributed by atoms with Crippen LogP contribution in [0.1, 0.15) is 52.0 Å². The van der Waals surface area contributed by atoms with Gasteiger partial charge in [-0.15, -0.1) is 0 Å². The van der Waals surface area contributed by atoms with Crippen LogP contribution in [-0.2, 0) is 11.2 Å².